The van der Waals surface area contributed by atoms with Crippen molar-refractivity contribution in [1.29, 1.82) is 0 Å². The zero-order chi connectivity index (χ0) is 31.0. The van der Waals surface area contributed by atoms with Gasteiger partial charge >= 0.3 is 0 Å². The molecule has 1 aromatic heterocycles. The number of hydrogen-bond donors (Lipinski definition) is 3. The quantitative estimate of drug-likeness (QED) is 0.102. The predicted octanol–water partition coefficient (Wildman–Crippen LogP) is 7.79. The third kappa shape index (κ3) is 11.2. The number of aryl methyl sites for hydroxylation is 1. The van der Waals surface area contributed by atoms with Crippen LogP contribution in [0, 0.1) is 11.7 Å². The van der Waals surface area contributed by atoms with E-state index in [1.54, 1.807) is 12.1 Å². The standard InChI is InChI=1S/C37H46FN3O.CH4O/c1-2-6-35(28-42-27-32-16-18-34(38)19-17-32)39-22-5-7-29-12-14-31(15-13-29)26-41(23-20-30-10-11-30)24-21-33-25-40-37-9-4-3-8-36(33)37;1-2/h3-4,6,8-9,12-19,25,30,39-40H,2,5,7,10-11,20-24,26-28H2,1H3;2H,1H3/b35-6-;. The summed E-state index contributed by atoms with van der Waals surface area (Å²) >= 11 is 0. The van der Waals surface area contributed by atoms with Crippen molar-refractivity contribution < 1.29 is 14.2 Å². The molecule has 0 saturated heterocycles. The SMILES string of the molecule is CC/C=C(/COCc1ccc(F)cc1)NCCCc1ccc(CN(CCc2c[nH]c3ccccc23)CCC2CC2)cc1.CO. The molecule has 0 unspecified atom stereocenters. The van der Waals surface area contributed by atoms with E-state index in [0.717, 1.165) is 69.6 Å². The number of allylic oxidation sites excluding steroid dienone is 1. The van der Waals surface area contributed by atoms with Crippen molar-refractivity contribution in [2.75, 3.05) is 33.4 Å². The molecular weight excluding hydrogens is 549 g/mol. The van der Waals surface area contributed by atoms with Gasteiger partial charge in [0.1, 0.15) is 5.82 Å². The van der Waals surface area contributed by atoms with Crippen molar-refractivity contribution in [2.24, 2.45) is 5.92 Å². The van der Waals surface area contributed by atoms with E-state index in [9.17, 15) is 4.39 Å². The Kier molecular flexibility index (Phi) is 14.0. The molecule has 1 saturated carbocycles. The van der Waals surface area contributed by atoms with Crippen LogP contribution in [0.15, 0.2) is 90.8 Å². The maximum absolute atomic E-state index is 13.1. The Morgan fingerprint density at radius 3 is 2.43 bits per heavy atom. The zero-order valence-corrected chi connectivity index (χ0v) is 26.5. The highest BCUT2D eigenvalue weighted by molar-refractivity contribution is 5.83. The Labute approximate surface area is 263 Å². The molecule has 3 N–H and O–H groups in total. The highest BCUT2D eigenvalue weighted by atomic mass is 19.1. The van der Waals surface area contributed by atoms with E-state index < -0.39 is 0 Å². The third-order valence-electron chi connectivity index (χ3n) is 8.24. The number of rotatable bonds is 18. The highest BCUT2D eigenvalue weighted by Crippen LogP contribution is 2.32. The van der Waals surface area contributed by atoms with E-state index in [1.807, 2.05) is 0 Å². The average Bonchev–Trinajstić information content (AvgIpc) is 3.80. The van der Waals surface area contributed by atoms with Gasteiger partial charge in [0.05, 0.1) is 13.2 Å². The van der Waals surface area contributed by atoms with Crippen LogP contribution >= 0.6 is 0 Å². The number of ether oxygens (including phenoxy) is 1. The van der Waals surface area contributed by atoms with Gasteiger partial charge in [0, 0.05) is 49.5 Å². The fourth-order valence-electron chi connectivity index (χ4n) is 5.56. The van der Waals surface area contributed by atoms with Crippen LogP contribution in [-0.4, -0.2) is 48.3 Å². The summed E-state index contributed by atoms with van der Waals surface area (Å²) in [6.45, 7) is 7.35. The lowest BCUT2D eigenvalue weighted by Crippen LogP contribution is -2.27. The van der Waals surface area contributed by atoms with Crippen LogP contribution in [0.5, 0.6) is 0 Å². The first-order valence-electron chi connectivity index (χ1n) is 16.2. The molecule has 236 valence electrons. The van der Waals surface area contributed by atoms with E-state index in [2.05, 4.69) is 82.9 Å². The summed E-state index contributed by atoms with van der Waals surface area (Å²) in [5, 5.41) is 11.9. The van der Waals surface area contributed by atoms with E-state index in [-0.39, 0.29) is 5.82 Å². The lowest BCUT2D eigenvalue weighted by Gasteiger charge is -2.22. The van der Waals surface area contributed by atoms with Gasteiger partial charge in [-0.2, -0.15) is 0 Å². The van der Waals surface area contributed by atoms with E-state index in [1.165, 1.54) is 65.5 Å². The summed E-state index contributed by atoms with van der Waals surface area (Å²) in [6.07, 6.45) is 12.7. The molecule has 0 amide bonds. The van der Waals surface area contributed by atoms with Crippen molar-refractivity contribution in [1.82, 2.24) is 15.2 Å². The maximum atomic E-state index is 13.1. The van der Waals surface area contributed by atoms with Crippen LogP contribution in [-0.2, 0) is 30.7 Å². The predicted molar refractivity (Wildman–Crippen MR) is 180 cm³/mol. The van der Waals surface area contributed by atoms with Gasteiger partial charge in [0.15, 0.2) is 0 Å². The number of aromatic amines is 1. The van der Waals surface area contributed by atoms with Crippen molar-refractivity contribution in [3.8, 4) is 0 Å². The average molecular weight is 600 g/mol. The number of benzene rings is 3. The molecule has 1 aliphatic carbocycles. The number of halogens is 1. The van der Waals surface area contributed by atoms with Crippen LogP contribution in [0.2, 0.25) is 0 Å². The summed E-state index contributed by atoms with van der Waals surface area (Å²) in [6, 6.07) is 24.4. The number of H-pyrrole nitrogens is 1. The van der Waals surface area contributed by atoms with Crippen LogP contribution in [0.4, 0.5) is 4.39 Å². The van der Waals surface area contributed by atoms with E-state index in [0.29, 0.717) is 13.2 Å². The Morgan fingerprint density at radius 2 is 1.68 bits per heavy atom. The van der Waals surface area contributed by atoms with E-state index >= 15 is 0 Å². The topological polar surface area (TPSA) is 60.5 Å². The highest BCUT2D eigenvalue weighted by Gasteiger charge is 2.22. The normalized spacial score (nSPS) is 13.2. The summed E-state index contributed by atoms with van der Waals surface area (Å²) in [5.41, 5.74) is 7.54. The summed E-state index contributed by atoms with van der Waals surface area (Å²) in [4.78, 5) is 6.09. The van der Waals surface area contributed by atoms with Gasteiger partial charge in [0.25, 0.3) is 0 Å². The molecule has 3 aromatic carbocycles. The van der Waals surface area contributed by atoms with Gasteiger partial charge in [-0.3, -0.25) is 4.90 Å². The first kappa shape index (κ1) is 33.4. The van der Waals surface area contributed by atoms with Crippen molar-refractivity contribution in [2.45, 2.75) is 65.0 Å². The summed E-state index contributed by atoms with van der Waals surface area (Å²) in [7, 11) is 1.00. The number of para-hydroxylation sites is 1. The Hall–Kier alpha value is -3.45. The van der Waals surface area contributed by atoms with Crippen LogP contribution in [0.3, 0.4) is 0 Å². The molecule has 0 atom stereocenters. The lowest BCUT2D eigenvalue weighted by atomic mass is 10.1. The monoisotopic (exact) mass is 599 g/mol. The van der Waals surface area contributed by atoms with Crippen LogP contribution in [0.1, 0.15) is 61.3 Å². The second-order valence-corrected chi connectivity index (χ2v) is 11.7. The lowest BCUT2D eigenvalue weighted by molar-refractivity contribution is 0.138. The molecule has 44 heavy (non-hydrogen) atoms. The molecule has 1 heterocycles. The molecule has 0 spiro atoms. The smallest absolute Gasteiger partial charge is 0.123 e. The third-order valence-corrected chi connectivity index (χ3v) is 8.24. The van der Waals surface area contributed by atoms with Gasteiger partial charge in [-0.15, -0.1) is 0 Å². The molecule has 0 bridgehead atoms. The Bertz CT molecular complexity index is 1390. The van der Waals surface area contributed by atoms with Crippen LogP contribution in [0.25, 0.3) is 10.9 Å². The van der Waals surface area contributed by atoms with Crippen LogP contribution < -0.4 is 5.32 Å². The van der Waals surface area contributed by atoms with Gasteiger partial charge in [0.2, 0.25) is 0 Å². The molecule has 6 heteroatoms. The molecule has 1 aliphatic rings. The van der Waals surface area contributed by atoms with Gasteiger partial charge < -0.3 is 20.1 Å². The van der Waals surface area contributed by atoms with Crippen molar-refractivity contribution in [3.63, 3.8) is 0 Å². The number of aliphatic hydroxyl groups is 1. The van der Waals surface area contributed by atoms with Gasteiger partial charge in [-0.25, -0.2) is 4.39 Å². The number of nitrogens with zero attached hydrogens (tertiary/aromatic N) is 1. The fourth-order valence-corrected chi connectivity index (χ4v) is 5.56. The molecule has 1 fully saturated rings. The molecule has 4 aromatic rings. The number of nitrogens with one attached hydrogen (secondary N) is 2. The zero-order valence-electron chi connectivity index (χ0n) is 26.5. The minimum Gasteiger partial charge on any atom is -0.400 e. The second kappa shape index (κ2) is 18.4. The molecule has 5 rings (SSSR count). The molecule has 0 radical (unpaired) electrons. The Morgan fingerprint density at radius 1 is 0.955 bits per heavy atom. The van der Waals surface area contributed by atoms with Gasteiger partial charge in [-0.1, -0.05) is 80.4 Å². The maximum Gasteiger partial charge on any atom is 0.123 e. The Balaban J connectivity index is 0.00000216. The van der Waals surface area contributed by atoms with Crippen molar-refractivity contribution in [3.05, 3.63) is 119 Å². The molecule has 0 aliphatic heterocycles. The van der Waals surface area contributed by atoms with E-state index in [4.69, 9.17) is 9.84 Å². The molecule has 5 nitrogen and oxygen atoms in total. The second-order valence-electron chi connectivity index (χ2n) is 11.7. The van der Waals surface area contributed by atoms with Gasteiger partial charge in [-0.05, 0) is 85.0 Å². The largest absolute Gasteiger partial charge is 0.400 e. The summed E-state index contributed by atoms with van der Waals surface area (Å²) in [5.74, 6) is 0.732. The summed E-state index contributed by atoms with van der Waals surface area (Å²) < 4.78 is 19.0. The number of fused-ring (bicyclic) bond motifs is 1. The molecular formula is C38H50FN3O2. The minimum atomic E-state index is -0.218. The fraction of sp³-hybridized carbons (Fsp3) is 0.421. The van der Waals surface area contributed by atoms with Crippen molar-refractivity contribution >= 4 is 10.9 Å². The number of aliphatic hydroxyl groups excluding tert-OH is 1. The minimum absolute atomic E-state index is 0.218. The number of hydrogen-bond acceptors (Lipinski definition) is 4. The first-order chi connectivity index (χ1) is 21.7. The first-order valence-corrected chi connectivity index (χ1v) is 16.2. The number of aromatic nitrogens is 1.